The smallest absolute Gasteiger partial charge is 0.0959 e. The van der Waals surface area contributed by atoms with Gasteiger partial charge in [0.05, 0.1) is 10.1 Å². The molecule has 0 aliphatic heterocycles. The van der Waals surface area contributed by atoms with Crippen molar-refractivity contribution < 1.29 is 4.21 Å². The minimum atomic E-state index is -0.666. The van der Waals surface area contributed by atoms with Crippen LogP contribution in [0.25, 0.3) is 0 Å². The van der Waals surface area contributed by atoms with Gasteiger partial charge in [-0.05, 0) is 61.5 Å². The number of thioether (sulfide) groups is 2. The van der Waals surface area contributed by atoms with Gasteiger partial charge in [-0.3, -0.25) is 4.21 Å². The van der Waals surface area contributed by atoms with E-state index in [1.54, 1.807) is 23.5 Å². The maximum Gasteiger partial charge on any atom is 0.0959 e. The molecule has 0 aliphatic carbocycles. The summed E-state index contributed by atoms with van der Waals surface area (Å²) in [6, 6.07) is 12.0. The first-order chi connectivity index (χ1) is 11.8. The minimum absolute atomic E-state index is 0.666. The lowest BCUT2D eigenvalue weighted by Crippen LogP contribution is -2.03. The zero-order valence-electron chi connectivity index (χ0n) is 13.8. The number of aromatic nitrogens is 2. The fourth-order valence-corrected chi connectivity index (χ4v) is 5.04. The van der Waals surface area contributed by atoms with Gasteiger partial charge in [-0.25, -0.2) is 9.97 Å². The Morgan fingerprint density at radius 2 is 1.25 bits per heavy atom. The van der Waals surface area contributed by atoms with Gasteiger partial charge in [-0.15, -0.1) is 23.5 Å². The Morgan fingerprint density at radius 1 is 0.750 bits per heavy atom. The summed E-state index contributed by atoms with van der Waals surface area (Å²) in [5.74, 6) is 3.76. The highest BCUT2D eigenvalue weighted by atomic mass is 32.2. The molecule has 2 aromatic heterocycles. The molecule has 0 aliphatic rings. The zero-order valence-corrected chi connectivity index (χ0v) is 16.3. The fraction of sp³-hybridized carbons (Fsp3) is 0.444. The van der Waals surface area contributed by atoms with Crippen LogP contribution in [0, 0.1) is 0 Å². The first-order valence-electron chi connectivity index (χ1n) is 8.27. The van der Waals surface area contributed by atoms with Crippen LogP contribution in [0.5, 0.6) is 0 Å². The van der Waals surface area contributed by atoms with Gasteiger partial charge in [-0.1, -0.05) is 12.1 Å². The summed E-state index contributed by atoms with van der Waals surface area (Å²) in [5.41, 5.74) is 0. The average Bonchev–Trinajstić information content (AvgIpc) is 2.63. The summed E-state index contributed by atoms with van der Waals surface area (Å²) >= 11 is 3.55. The molecule has 0 atom stereocenters. The molecule has 0 unspecified atom stereocenters. The summed E-state index contributed by atoms with van der Waals surface area (Å²) < 4.78 is 12.0. The standard InChI is InChI=1S/C18H24N2OS3/c21-24(15-7-5-13-22-17-9-1-3-11-19-17)16-8-6-14-23-18-10-2-4-12-20-18/h1-4,9-12H,5-8,13-16H2. The van der Waals surface area contributed by atoms with Gasteiger partial charge in [0.2, 0.25) is 0 Å². The predicted molar refractivity (Wildman–Crippen MR) is 106 cm³/mol. The molecule has 2 heterocycles. The van der Waals surface area contributed by atoms with Crippen molar-refractivity contribution in [2.45, 2.75) is 35.7 Å². The van der Waals surface area contributed by atoms with E-state index < -0.39 is 10.8 Å². The Bertz CT molecular complexity index is 530. The van der Waals surface area contributed by atoms with E-state index in [-0.39, 0.29) is 0 Å². The third-order valence-electron chi connectivity index (χ3n) is 3.31. The largest absolute Gasteiger partial charge is 0.260 e. The number of hydrogen-bond donors (Lipinski definition) is 0. The SMILES string of the molecule is O=S(CCCCSc1ccccn1)CCCCSc1ccccn1. The van der Waals surface area contributed by atoms with Crippen molar-refractivity contribution >= 4 is 34.3 Å². The van der Waals surface area contributed by atoms with E-state index in [2.05, 4.69) is 9.97 Å². The first kappa shape index (κ1) is 19.5. The summed E-state index contributed by atoms with van der Waals surface area (Å²) in [7, 11) is -0.666. The van der Waals surface area contributed by atoms with Gasteiger partial charge in [0.1, 0.15) is 0 Å². The van der Waals surface area contributed by atoms with Crippen molar-refractivity contribution in [1.29, 1.82) is 0 Å². The van der Waals surface area contributed by atoms with Crippen LogP contribution in [0.1, 0.15) is 25.7 Å². The molecular formula is C18H24N2OS3. The van der Waals surface area contributed by atoms with E-state index >= 15 is 0 Å². The average molecular weight is 381 g/mol. The Morgan fingerprint density at radius 3 is 1.67 bits per heavy atom. The summed E-state index contributed by atoms with van der Waals surface area (Å²) in [4.78, 5) is 8.58. The lowest BCUT2D eigenvalue weighted by atomic mass is 10.4. The van der Waals surface area contributed by atoms with Crippen molar-refractivity contribution in [2.24, 2.45) is 0 Å². The summed E-state index contributed by atoms with van der Waals surface area (Å²) in [5, 5.41) is 2.15. The molecular weight excluding hydrogens is 356 g/mol. The molecule has 0 bridgehead atoms. The predicted octanol–water partition coefficient (Wildman–Crippen LogP) is 4.67. The minimum Gasteiger partial charge on any atom is -0.260 e. The molecule has 6 heteroatoms. The van der Waals surface area contributed by atoms with E-state index in [0.717, 1.165) is 58.7 Å². The van der Waals surface area contributed by atoms with Gasteiger partial charge < -0.3 is 0 Å². The second kappa shape index (κ2) is 12.5. The van der Waals surface area contributed by atoms with E-state index in [4.69, 9.17) is 0 Å². The molecule has 0 fully saturated rings. The Hall–Kier alpha value is -0.850. The Labute approximate surface area is 155 Å². The van der Waals surface area contributed by atoms with Crippen molar-refractivity contribution in [2.75, 3.05) is 23.0 Å². The Balaban J connectivity index is 1.42. The number of rotatable bonds is 12. The molecule has 0 saturated heterocycles. The normalized spacial score (nSPS) is 11.0. The Kier molecular flexibility index (Phi) is 10.1. The molecule has 24 heavy (non-hydrogen) atoms. The van der Waals surface area contributed by atoms with Crippen LogP contribution in [-0.4, -0.2) is 37.2 Å². The third kappa shape index (κ3) is 8.85. The van der Waals surface area contributed by atoms with Crippen LogP contribution in [0.3, 0.4) is 0 Å². The van der Waals surface area contributed by atoms with Crippen molar-refractivity contribution in [3.8, 4) is 0 Å². The quantitative estimate of drug-likeness (QED) is 0.395. The maximum absolute atomic E-state index is 12.0. The van der Waals surface area contributed by atoms with Gasteiger partial charge in [0, 0.05) is 34.7 Å². The molecule has 0 amide bonds. The summed E-state index contributed by atoms with van der Waals surface area (Å²) in [6.07, 6.45) is 7.92. The molecule has 130 valence electrons. The molecule has 2 aromatic rings. The maximum atomic E-state index is 12.0. The second-order valence-corrected chi connectivity index (χ2v) is 9.22. The van der Waals surface area contributed by atoms with E-state index in [9.17, 15) is 4.21 Å². The lowest BCUT2D eigenvalue weighted by Gasteiger charge is -2.03. The number of unbranched alkanes of at least 4 members (excludes halogenated alkanes) is 2. The fourth-order valence-electron chi connectivity index (χ4n) is 2.05. The van der Waals surface area contributed by atoms with E-state index in [1.165, 1.54) is 0 Å². The van der Waals surface area contributed by atoms with Crippen LogP contribution in [0.4, 0.5) is 0 Å². The first-order valence-corrected chi connectivity index (χ1v) is 11.7. The molecule has 0 spiro atoms. The molecule has 0 aromatic carbocycles. The summed E-state index contributed by atoms with van der Waals surface area (Å²) in [6.45, 7) is 0. The highest BCUT2D eigenvalue weighted by molar-refractivity contribution is 7.99. The van der Waals surface area contributed by atoms with Crippen LogP contribution < -0.4 is 0 Å². The highest BCUT2D eigenvalue weighted by Crippen LogP contribution is 2.17. The van der Waals surface area contributed by atoms with Gasteiger partial charge >= 0.3 is 0 Å². The highest BCUT2D eigenvalue weighted by Gasteiger charge is 2.01. The second-order valence-electron chi connectivity index (χ2n) is 5.30. The zero-order chi connectivity index (χ0) is 16.9. The lowest BCUT2D eigenvalue weighted by molar-refractivity contribution is 0.676. The van der Waals surface area contributed by atoms with Crippen LogP contribution in [0.2, 0.25) is 0 Å². The topological polar surface area (TPSA) is 42.9 Å². The molecule has 2 rings (SSSR count). The number of nitrogens with zero attached hydrogens (tertiary/aromatic N) is 2. The van der Waals surface area contributed by atoms with Crippen LogP contribution >= 0.6 is 23.5 Å². The van der Waals surface area contributed by atoms with E-state index in [1.807, 2.05) is 48.8 Å². The van der Waals surface area contributed by atoms with Gasteiger partial charge in [-0.2, -0.15) is 0 Å². The molecule has 0 N–H and O–H groups in total. The van der Waals surface area contributed by atoms with Crippen LogP contribution in [0.15, 0.2) is 58.8 Å². The third-order valence-corrected chi connectivity index (χ3v) is 6.86. The molecule has 0 saturated carbocycles. The number of hydrogen-bond acceptors (Lipinski definition) is 5. The van der Waals surface area contributed by atoms with Crippen molar-refractivity contribution in [1.82, 2.24) is 9.97 Å². The van der Waals surface area contributed by atoms with Gasteiger partial charge in [0.25, 0.3) is 0 Å². The number of pyridine rings is 2. The van der Waals surface area contributed by atoms with Crippen LogP contribution in [-0.2, 0) is 10.8 Å². The van der Waals surface area contributed by atoms with Crippen molar-refractivity contribution in [3.63, 3.8) is 0 Å². The monoisotopic (exact) mass is 380 g/mol. The van der Waals surface area contributed by atoms with Crippen molar-refractivity contribution in [3.05, 3.63) is 48.8 Å². The van der Waals surface area contributed by atoms with Gasteiger partial charge in [0.15, 0.2) is 0 Å². The molecule has 0 radical (unpaired) electrons. The molecule has 3 nitrogen and oxygen atoms in total. The van der Waals surface area contributed by atoms with E-state index in [0.29, 0.717) is 0 Å².